The van der Waals surface area contributed by atoms with Crippen LogP contribution in [0.5, 0.6) is 0 Å². The first-order chi connectivity index (χ1) is 5.71. The third-order valence-corrected chi connectivity index (χ3v) is 1.63. The van der Waals surface area contributed by atoms with Gasteiger partial charge in [-0.1, -0.05) is 20.8 Å². The average molecular weight is 195 g/mol. The molecule has 79 valence electrons. The highest BCUT2D eigenvalue weighted by Crippen LogP contribution is 2.25. The molecule has 0 saturated carbocycles. The van der Waals surface area contributed by atoms with Crippen LogP contribution in [0.2, 0.25) is 0 Å². The fourth-order valence-electron chi connectivity index (χ4n) is 0.982. The van der Waals surface area contributed by atoms with Gasteiger partial charge in [0.2, 0.25) is 0 Å². The number of rotatable bonds is 4. The Kier molecular flexibility index (Phi) is 4.79. The van der Waals surface area contributed by atoms with Crippen molar-refractivity contribution in [2.75, 3.05) is 0 Å². The highest BCUT2D eigenvalue weighted by Gasteiger charge is 2.25. The SMILES string of the molecule is CC(C)(C)C[CH]CCCC(F)(F)F. The minimum Gasteiger partial charge on any atom is -0.171 e. The molecule has 1 radical (unpaired) electrons. The standard InChI is InChI=1S/C10H18F3/c1-9(2,3)7-5-4-6-8-10(11,12)13/h5H,4,6-8H2,1-3H3. The van der Waals surface area contributed by atoms with Crippen molar-refractivity contribution in [3.05, 3.63) is 6.42 Å². The highest BCUT2D eigenvalue weighted by atomic mass is 19.4. The van der Waals surface area contributed by atoms with Gasteiger partial charge < -0.3 is 0 Å². The van der Waals surface area contributed by atoms with Crippen LogP contribution in [-0.4, -0.2) is 6.18 Å². The van der Waals surface area contributed by atoms with Crippen LogP contribution in [0.25, 0.3) is 0 Å². The van der Waals surface area contributed by atoms with Gasteiger partial charge in [-0.3, -0.25) is 0 Å². The molecule has 3 heteroatoms. The number of unbranched alkanes of at least 4 members (excludes halogenated alkanes) is 2. The lowest BCUT2D eigenvalue weighted by Gasteiger charge is -2.17. The summed E-state index contributed by atoms with van der Waals surface area (Å²) in [6, 6.07) is 0. The van der Waals surface area contributed by atoms with Gasteiger partial charge in [0, 0.05) is 6.42 Å². The van der Waals surface area contributed by atoms with Crippen LogP contribution >= 0.6 is 0 Å². The van der Waals surface area contributed by atoms with Crippen LogP contribution in [0.3, 0.4) is 0 Å². The van der Waals surface area contributed by atoms with Gasteiger partial charge in [0.15, 0.2) is 0 Å². The van der Waals surface area contributed by atoms with Crippen molar-refractivity contribution < 1.29 is 13.2 Å². The maximum atomic E-state index is 11.7. The number of alkyl halides is 3. The third-order valence-electron chi connectivity index (χ3n) is 1.63. The molecule has 0 heterocycles. The fraction of sp³-hybridized carbons (Fsp3) is 0.900. The molecule has 0 aromatic heterocycles. The van der Waals surface area contributed by atoms with Crippen molar-refractivity contribution in [3.63, 3.8) is 0 Å². The predicted molar refractivity (Wildman–Crippen MR) is 48.3 cm³/mol. The lowest BCUT2D eigenvalue weighted by atomic mass is 9.89. The summed E-state index contributed by atoms with van der Waals surface area (Å²) in [6.45, 7) is 6.23. The molecule has 0 fully saturated rings. The summed E-state index contributed by atoms with van der Waals surface area (Å²) in [4.78, 5) is 0. The van der Waals surface area contributed by atoms with Gasteiger partial charge in [0.1, 0.15) is 0 Å². The molecular formula is C10H18F3. The first-order valence-corrected chi connectivity index (χ1v) is 4.59. The van der Waals surface area contributed by atoms with Crippen LogP contribution in [0.4, 0.5) is 13.2 Å². The van der Waals surface area contributed by atoms with Gasteiger partial charge in [-0.05, 0) is 31.1 Å². The minimum absolute atomic E-state index is 0.193. The van der Waals surface area contributed by atoms with E-state index < -0.39 is 12.6 Å². The molecule has 0 amide bonds. The smallest absolute Gasteiger partial charge is 0.171 e. The Labute approximate surface area is 78.5 Å². The highest BCUT2D eigenvalue weighted by molar-refractivity contribution is 4.74. The fourth-order valence-corrected chi connectivity index (χ4v) is 0.982. The molecular weight excluding hydrogens is 177 g/mol. The van der Waals surface area contributed by atoms with Gasteiger partial charge in [-0.15, -0.1) is 0 Å². The molecule has 0 aliphatic rings. The van der Waals surface area contributed by atoms with Crippen LogP contribution in [-0.2, 0) is 0 Å². The van der Waals surface area contributed by atoms with Gasteiger partial charge in [-0.25, -0.2) is 0 Å². The van der Waals surface area contributed by atoms with E-state index in [0.29, 0.717) is 6.42 Å². The lowest BCUT2D eigenvalue weighted by Crippen LogP contribution is -2.07. The Morgan fingerprint density at radius 3 is 2.00 bits per heavy atom. The summed E-state index contributed by atoms with van der Waals surface area (Å²) in [5.41, 5.74) is 0.193. The Bertz CT molecular complexity index is 114. The Morgan fingerprint density at radius 1 is 1.08 bits per heavy atom. The van der Waals surface area contributed by atoms with Crippen LogP contribution < -0.4 is 0 Å². The summed E-state index contributed by atoms with van der Waals surface area (Å²) in [6.07, 6.45) is -1.03. The predicted octanol–water partition coefficient (Wildman–Crippen LogP) is 4.36. The number of halogens is 3. The molecule has 0 aromatic carbocycles. The summed E-state index contributed by atoms with van der Waals surface area (Å²) in [5.74, 6) is 0. The Hall–Kier alpha value is -0.210. The van der Waals surface area contributed by atoms with E-state index >= 15 is 0 Å². The molecule has 0 atom stereocenters. The molecule has 0 nitrogen and oxygen atoms in total. The van der Waals surface area contributed by atoms with Crippen molar-refractivity contribution in [3.8, 4) is 0 Å². The second-order valence-electron chi connectivity index (χ2n) is 4.56. The van der Waals surface area contributed by atoms with Crippen molar-refractivity contribution in [1.29, 1.82) is 0 Å². The molecule has 0 unspecified atom stereocenters. The second kappa shape index (κ2) is 4.87. The van der Waals surface area contributed by atoms with E-state index in [0.717, 1.165) is 6.42 Å². The third kappa shape index (κ3) is 11.8. The second-order valence-corrected chi connectivity index (χ2v) is 4.56. The molecule has 0 N–H and O–H groups in total. The summed E-state index contributed by atoms with van der Waals surface area (Å²) >= 11 is 0. The van der Waals surface area contributed by atoms with E-state index in [1.807, 2.05) is 6.42 Å². The van der Waals surface area contributed by atoms with Crippen molar-refractivity contribution in [1.82, 2.24) is 0 Å². The molecule has 0 aliphatic heterocycles. The first kappa shape index (κ1) is 12.8. The van der Waals surface area contributed by atoms with E-state index in [4.69, 9.17) is 0 Å². The summed E-state index contributed by atoms with van der Waals surface area (Å²) in [5, 5.41) is 0. The minimum atomic E-state index is -3.99. The van der Waals surface area contributed by atoms with Crippen molar-refractivity contribution in [2.45, 2.75) is 52.6 Å². The Balaban J connectivity index is 3.28. The number of hydrogen-bond donors (Lipinski definition) is 0. The van der Waals surface area contributed by atoms with E-state index in [2.05, 4.69) is 20.8 Å². The summed E-state index contributed by atoms with van der Waals surface area (Å²) in [7, 11) is 0. The lowest BCUT2D eigenvalue weighted by molar-refractivity contribution is -0.135. The Morgan fingerprint density at radius 2 is 1.62 bits per heavy atom. The van der Waals surface area contributed by atoms with Crippen LogP contribution in [0.1, 0.15) is 46.5 Å². The topological polar surface area (TPSA) is 0 Å². The van der Waals surface area contributed by atoms with Gasteiger partial charge in [0.05, 0.1) is 0 Å². The molecule has 0 aromatic rings. The van der Waals surface area contributed by atoms with Crippen LogP contribution in [0, 0.1) is 11.8 Å². The molecule has 0 bridgehead atoms. The largest absolute Gasteiger partial charge is 0.389 e. The zero-order chi connectivity index (χ0) is 10.5. The monoisotopic (exact) mass is 195 g/mol. The molecule has 0 aliphatic carbocycles. The zero-order valence-corrected chi connectivity index (χ0v) is 8.54. The maximum Gasteiger partial charge on any atom is 0.389 e. The summed E-state index contributed by atoms with van der Waals surface area (Å²) < 4.78 is 35.1. The molecule has 13 heavy (non-hydrogen) atoms. The van der Waals surface area contributed by atoms with Gasteiger partial charge >= 0.3 is 6.18 Å². The number of hydrogen-bond acceptors (Lipinski definition) is 0. The van der Waals surface area contributed by atoms with Crippen molar-refractivity contribution in [2.24, 2.45) is 5.41 Å². The van der Waals surface area contributed by atoms with Crippen LogP contribution in [0.15, 0.2) is 0 Å². The average Bonchev–Trinajstić information content (AvgIpc) is 1.81. The van der Waals surface area contributed by atoms with Gasteiger partial charge in [0.25, 0.3) is 0 Å². The molecule has 0 spiro atoms. The quantitative estimate of drug-likeness (QED) is 0.585. The normalized spacial score (nSPS) is 13.4. The maximum absolute atomic E-state index is 11.7. The van der Waals surface area contributed by atoms with Crippen molar-refractivity contribution >= 4 is 0 Å². The molecule has 0 rings (SSSR count). The zero-order valence-electron chi connectivity index (χ0n) is 8.54. The van der Waals surface area contributed by atoms with Gasteiger partial charge in [-0.2, -0.15) is 13.2 Å². The first-order valence-electron chi connectivity index (χ1n) is 4.59. The van der Waals surface area contributed by atoms with E-state index in [-0.39, 0.29) is 11.8 Å². The van der Waals surface area contributed by atoms with E-state index in [1.54, 1.807) is 0 Å². The van der Waals surface area contributed by atoms with E-state index in [9.17, 15) is 13.2 Å². The molecule has 0 saturated heterocycles. The van der Waals surface area contributed by atoms with E-state index in [1.165, 1.54) is 0 Å².